The molecular formula is C14H14N2O5. The fraction of sp³-hybridized carbons (Fsp3) is 0.357. The highest BCUT2D eigenvalue weighted by atomic mass is 16.6. The van der Waals surface area contributed by atoms with Crippen LogP contribution in [0.1, 0.15) is 36.0 Å². The van der Waals surface area contributed by atoms with Gasteiger partial charge in [0.1, 0.15) is 5.78 Å². The van der Waals surface area contributed by atoms with Gasteiger partial charge in [0.2, 0.25) is 5.91 Å². The van der Waals surface area contributed by atoms with Crippen LogP contribution in [0.2, 0.25) is 0 Å². The van der Waals surface area contributed by atoms with Crippen LogP contribution in [0.3, 0.4) is 0 Å². The molecule has 0 saturated heterocycles. The first kappa shape index (κ1) is 14.8. The molecule has 1 unspecified atom stereocenters. The van der Waals surface area contributed by atoms with Crippen LogP contribution in [-0.4, -0.2) is 22.5 Å². The molecule has 0 aromatic heterocycles. The molecule has 0 radical (unpaired) electrons. The molecule has 1 aliphatic rings. The molecule has 0 spiro atoms. The largest absolute Gasteiger partial charge is 0.299 e. The van der Waals surface area contributed by atoms with Crippen molar-refractivity contribution in [2.45, 2.75) is 25.7 Å². The van der Waals surface area contributed by atoms with Crippen molar-refractivity contribution >= 4 is 23.3 Å². The van der Waals surface area contributed by atoms with Crippen molar-refractivity contribution in [2.24, 2.45) is 5.92 Å². The third kappa shape index (κ3) is 3.50. The predicted molar refractivity (Wildman–Crippen MR) is 72.5 cm³/mol. The fourth-order valence-corrected chi connectivity index (χ4v) is 2.29. The number of amides is 2. The topological polar surface area (TPSA) is 106 Å². The zero-order chi connectivity index (χ0) is 15.4. The smallest absolute Gasteiger partial charge is 0.270 e. The lowest BCUT2D eigenvalue weighted by Crippen LogP contribution is -2.40. The average molecular weight is 290 g/mol. The number of Topliss-reactive ketones (excluding diaryl/α,β-unsaturated/α-hetero) is 1. The number of nitrogens with one attached hydrogen (secondary N) is 1. The van der Waals surface area contributed by atoms with E-state index in [4.69, 9.17) is 0 Å². The summed E-state index contributed by atoms with van der Waals surface area (Å²) in [6, 6.07) is 5.08. The number of hydrogen-bond acceptors (Lipinski definition) is 5. The minimum Gasteiger partial charge on any atom is -0.299 e. The molecule has 1 atom stereocenters. The van der Waals surface area contributed by atoms with Crippen molar-refractivity contribution in [1.29, 1.82) is 0 Å². The third-order valence-electron chi connectivity index (χ3n) is 3.43. The van der Waals surface area contributed by atoms with E-state index in [1.165, 1.54) is 18.2 Å². The minimum atomic E-state index is -0.790. The monoisotopic (exact) mass is 290 g/mol. The molecule has 1 aromatic carbocycles. The normalized spacial score (nSPS) is 18.1. The maximum absolute atomic E-state index is 11.9. The lowest BCUT2D eigenvalue weighted by Gasteiger charge is -2.19. The van der Waals surface area contributed by atoms with E-state index in [-0.39, 0.29) is 17.0 Å². The second kappa shape index (κ2) is 6.25. The Kier molecular flexibility index (Phi) is 4.42. The van der Waals surface area contributed by atoms with Gasteiger partial charge in [0, 0.05) is 24.1 Å². The molecular weight excluding hydrogens is 276 g/mol. The third-order valence-corrected chi connectivity index (χ3v) is 3.43. The SMILES string of the molecule is O=C(NC(=O)C1CCCCC1=O)c1cccc([N+](=O)[O-])c1. The second-order valence-corrected chi connectivity index (χ2v) is 4.89. The molecule has 21 heavy (non-hydrogen) atoms. The Hall–Kier alpha value is -2.57. The molecule has 1 aromatic rings. The highest BCUT2D eigenvalue weighted by Crippen LogP contribution is 2.21. The van der Waals surface area contributed by atoms with Gasteiger partial charge in [0.05, 0.1) is 10.8 Å². The van der Waals surface area contributed by atoms with Crippen LogP contribution in [0.25, 0.3) is 0 Å². The molecule has 110 valence electrons. The summed E-state index contributed by atoms with van der Waals surface area (Å²) < 4.78 is 0. The van der Waals surface area contributed by atoms with Crippen LogP contribution in [0.15, 0.2) is 24.3 Å². The van der Waals surface area contributed by atoms with Crippen LogP contribution in [-0.2, 0) is 9.59 Å². The maximum Gasteiger partial charge on any atom is 0.270 e. The van der Waals surface area contributed by atoms with Gasteiger partial charge in [0.15, 0.2) is 0 Å². The van der Waals surface area contributed by atoms with Crippen LogP contribution in [0, 0.1) is 16.0 Å². The number of benzene rings is 1. The molecule has 1 fully saturated rings. The molecule has 0 heterocycles. The summed E-state index contributed by atoms with van der Waals surface area (Å²) in [5, 5.41) is 12.8. The predicted octanol–water partition coefficient (Wildman–Crippen LogP) is 1.61. The van der Waals surface area contributed by atoms with E-state index in [0.717, 1.165) is 18.9 Å². The lowest BCUT2D eigenvalue weighted by molar-refractivity contribution is -0.384. The van der Waals surface area contributed by atoms with Crippen molar-refractivity contribution in [2.75, 3.05) is 0 Å². The highest BCUT2D eigenvalue weighted by molar-refractivity contribution is 6.11. The summed E-state index contributed by atoms with van der Waals surface area (Å²) >= 11 is 0. The van der Waals surface area contributed by atoms with Gasteiger partial charge in [-0.15, -0.1) is 0 Å². The molecule has 1 aliphatic carbocycles. The Morgan fingerprint density at radius 3 is 2.71 bits per heavy atom. The molecule has 2 rings (SSSR count). The van der Waals surface area contributed by atoms with E-state index in [2.05, 4.69) is 5.32 Å². The summed E-state index contributed by atoms with van der Waals surface area (Å²) in [5.41, 5.74) is -0.218. The molecule has 0 bridgehead atoms. The fourth-order valence-electron chi connectivity index (χ4n) is 2.29. The summed E-state index contributed by atoms with van der Waals surface area (Å²) in [6.45, 7) is 0. The molecule has 7 heteroatoms. The van der Waals surface area contributed by atoms with E-state index in [0.29, 0.717) is 12.8 Å². The Morgan fingerprint density at radius 2 is 2.05 bits per heavy atom. The number of rotatable bonds is 3. The quantitative estimate of drug-likeness (QED) is 0.394. The highest BCUT2D eigenvalue weighted by Gasteiger charge is 2.30. The summed E-state index contributed by atoms with van der Waals surface area (Å²) in [6.07, 6.45) is 2.33. The van der Waals surface area contributed by atoms with E-state index in [9.17, 15) is 24.5 Å². The summed E-state index contributed by atoms with van der Waals surface area (Å²) in [5.74, 6) is -2.31. The van der Waals surface area contributed by atoms with Crippen molar-refractivity contribution < 1.29 is 19.3 Å². The number of carbonyl (C=O) groups excluding carboxylic acids is 3. The zero-order valence-electron chi connectivity index (χ0n) is 11.2. The first-order valence-electron chi connectivity index (χ1n) is 6.61. The number of nitro benzene ring substituents is 1. The molecule has 2 amide bonds. The number of non-ortho nitro benzene ring substituents is 1. The second-order valence-electron chi connectivity index (χ2n) is 4.89. The van der Waals surface area contributed by atoms with E-state index in [1.807, 2.05) is 0 Å². The van der Waals surface area contributed by atoms with E-state index >= 15 is 0 Å². The summed E-state index contributed by atoms with van der Waals surface area (Å²) in [7, 11) is 0. The van der Waals surface area contributed by atoms with E-state index in [1.54, 1.807) is 0 Å². The molecule has 1 N–H and O–H groups in total. The Bertz CT molecular complexity index is 611. The first-order valence-corrected chi connectivity index (χ1v) is 6.61. The van der Waals surface area contributed by atoms with Gasteiger partial charge in [-0.2, -0.15) is 0 Å². The van der Waals surface area contributed by atoms with Gasteiger partial charge in [-0.1, -0.05) is 12.5 Å². The van der Waals surface area contributed by atoms with Crippen molar-refractivity contribution in [3.63, 3.8) is 0 Å². The van der Waals surface area contributed by atoms with Crippen LogP contribution in [0.5, 0.6) is 0 Å². The number of imide groups is 1. The van der Waals surface area contributed by atoms with Gasteiger partial charge in [0.25, 0.3) is 11.6 Å². The van der Waals surface area contributed by atoms with Crippen LogP contribution >= 0.6 is 0 Å². The Morgan fingerprint density at radius 1 is 1.29 bits per heavy atom. The van der Waals surface area contributed by atoms with Crippen molar-refractivity contribution in [1.82, 2.24) is 5.32 Å². The molecule has 0 aliphatic heterocycles. The first-order chi connectivity index (χ1) is 9.99. The Balaban J connectivity index is 2.07. The van der Waals surface area contributed by atoms with Gasteiger partial charge in [-0.3, -0.25) is 29.8 Å². The number of ketones is 1. The average Bonchev–Trinajstić information content (AvgIpc) is 2.47. The van der Waals surface area contributed by atoms with Crippen LogP contribution < -0.4 is 5.32 Å². The molecule has 1 saturated carbocycles. The molecule has 7 nitrogen and oxygen atoms in total. The number of nitro groups is 1. The van der Waals surface area contributed by atoms with Crippen molar-refractivity contribution in [3.8, 4) is 0 Å². The Labute approximate surface area is 120 Å². The van der Waals surface area contributed by atoms with Gasteiger partial charge < -0.3 is 0 Å². The summed E-state index contributed by atoms with van der Waals surface area (Å²) in [4.78, 5) is 45.5. The maximum atomic E-state index is 11.9. The number of carbonyl (C=O) groups is 3. The number of hydrogen-bond donors (Lipinski definition) is 1. The van der Waals surface area contributed by atoms with Gasteiger partial charge in [-0.05, 0) is 18.9 Å². The van der Waals surface area contributed by atoms with E-state index < -0.39 is 22.7 Å². The van der Waals surface area contributed by atoms with Gasteiger partial charge >= 0.3 is 0 Å². The van der Waals surface area contributed by atoms with Gasteiger partial charge in [-0.25, -0.2) is 0 Å². The lowest BCUT2D eigenvalue weighted by atomic mass is 9.87. The zero-order valence-corrected chi connectivity index (χ0v) is 11.2. The van der Waals surface area contributed by atoms with Crippen molar-refractivity contribution in [3.05, 3.63) is 39.9 Å². The number of nitrogens with zero attached hydrogens (tertiary/aromatic N) is 1. The standard InChI is InChI=1S/C14H14N2O5/c17-12-7-2-1-6-11(12)14(19)15-13(18)9-4-3-5-10(8-9)16(20)21/h3-5,8,11H,1-2,6-7H2,(H,15,18,19). The minimum absolute atomic E-state index is 0.0146. The van der Waals surface area contributed by atoms with Crippen LogP contribution in [0.4, 0.5) is 5.69 Å².